The lowest BCUT2D eigenvalue weighted by Crippen LogP contribution is -2.46. The molecule has 0 N–H and O–H groups in total. The van der Waals surface area contributed by atoms with Gasteiger partial charge in [-0.25, -0.2) is 0 Å². The van der Waals surface area contributed by atoms with Crippen molar-refractivity contribution in [3.8, 4) is 5.75 Å². The lowest BCUT2D eigenvalue weighted by atomic mass is 10.00. The summed E-state index contributed by atoms with van der Waals surface area (Å²) in [6.07, 6.45) is 11.4. The Hall–Kier alpha value is -1.32. The fourth-order valence-corrected chi connectivity index (χ4v) is 3.88. The molecule has 2 saturated heterocycles. The van der Waals surface area contributed by atoms with Crippen LogP contribution in [0.25, 0.3) is 6.08 Å². The summed E-state index contributed by atoms with van der Waals surface area (Å²) in [5.74, 6) is 0.951. The van der Waals surface area contributed by atoms with E-state index in [9.17, 15) is 0 Å². The molecule has 0 spiro atoms. The Morgan fingerprint density at radius 1 is 1.04 bits per heavy atom. The first-order valence-corrected chi connectivity index (χ1v) is 9.13. The fraction of sp³-hybridized carbons (Fsp3) is 0.600. The van der Waals surface area contributed by atoms with Gasteiger partial charge in [0.15, 0.2) is 0 Å². The van der Waals surface area contributed by atoms with Crippen LogP contribution in [0.4, 0.5) is 0 Å². The van der Waals surface area contributed by atoms with E-state index in [1.54, 1.807) is 7.11 Å². The van der Waals surface area contributed by atoms with Gasteiger partial charge in [0.1, 0.15) is 5.75 Å². The molecule has 0 saturated carbocycles. The first kappa shape index (κ1) is 16.5. The number of methoxy groups -OCH3 is 1. The topological polar surface area (TPSA) is 15.7 Å². The average Bonchev–Trinajstić information content (AvgIpc) is 2.63. The summed E-state index contributed by atoms with van der Waals surface area (Å²) in [6, 6.07) is 9.04. The third-order valence-corrected chi connectivity index (χ3v) is 5.26. The van der Waals surface area contributed by atoms with Crippen LogP contribution in [0, 0.1) is 0 Å². The minimum atomic E-state index is 0.838. The van der Waals surface area contributed by atoms with E-state index >= 15 is 0 Å². The number of nitrogens with zero attached hydrogens (tertiary/aromatic N) is 2. The minimum Gasteiger partial charge on any atom is -0.496 e. The number of benzene rings is 1. The molecule has 0 atom stereocenters. The van der Waals surface area contributed by atoms with Gasteiger partial charge in [0.25, 0.3) is 0 Å². The van der Waals surface area contributed by atoms with Gasteiger partial charge in [-0.15, -0.1) is 0 Å². The van der Waals surface area contributed by atoms with E-state index in [1.165, 1.54) is 63.8 Å². The SMILES string of the molecule is COc1ccccc1/C=C/CN1CCC(N2CCCCC2)CC1. The molecule has 0 aliphatic carbocycles. The molecule has 1 aromatic carbocycles. The second-order valence-corrected chi connectivity index (χ2v) is 6.77. The van der Waals surface area contributed by atoms with Crippen LogP contribution in [0.2, 0.25) is 0 Å². The average molecular weight is 314 g/mol. The third kappa shape index (κ3) is 4.58. The largest absolute Gasteiger partial charge is 0.496 e. The molecule has 3 rings (SSSR count). The Bertz CT molecular complexity index is 500. The van der Waals surface area contributed by atoms with E-state index in [4.69, 9.17) is 4.74 Å². The molecule has 2 aliphatic heterocycles. The maximum atomic E-state index is 5.40. The van der Waals surface area contributed by atoms with Gasteiger partial charge >= 0.3 is 0 Å². The van der Waals surface area contributed by atoms with Gasteiger partial charge in [0.05, 0.1) is 7.11 Å². The van der Waals surface area contributed by atoms with Crippen LogP contribution < -0.4 is 4.74 Å². The summed E-state index contributed by atoms with van der Waals surface area (Å²) >= 11 is 0. The molecule has 1 aromatic rings. The van der Waals surface area contributed by atoms with Crippen LogP contribution in [-0.4, -0.2) is 55.7 Å². The summed E-state index contributed by atoms with van der Waals surface area (Å²) in [7, 11) is 1.73. The van der Waals surface area contributed by atoms with Crippen LogP contribution in [0.3, 0.4) is 0 Å². The Balaban J connectivity index is 1.44. The van der Waals surface area contributed by atoms with Crippen LogP contribution in [0.5, 0.6) is 5.75 Å². The molecule has 126 valence electrons. The van der Waals surface area contributed by atoms with Gasteiger partial charge in [0, 0.05) is 18.2 Å². The molecular formula is C20H30N2O. The Morgan fingerprint density at radius 3 is 2.52 bits per heavy atom. The van der Waals surface area contributed by atoms with Gasteiger partial charge in [-0.1, -0.05) is 36.8 Å². The summed E-state index contributed by atoms with van der Waals surface area (Å²) in [6.45, 7) is 6.18. The lowest BCUT2D eigenvalue weighted by molar-refractivity contribution is 0.0975. The fourth-order valence-electron chi connectivity index (χ4n) is 3.88. The second kappa shape index (κ2) is 8.51. The number of para-hydroxylation sites is 1. The van der Waals surface area contributed by atoms with Crippen LogP contribution in [0.1, 0.15) is 37.7 Å². The van der Waals surface area contributed by atoms with Crippen molar-refractivity contribution in [2.24, 2.45) is 0 Å². The molecule has 3 nitrogen and oxygen atoms in total. The van der Waals surface area contributed by atoms with E-state index in [-0.39, 0.29) is 0 Å². The molecule has 0 radical (unpaired) electrons. The second-order valence-electron chi connectivity index (χ2n) is 6.77. The van der Waals surface area contributed by atoms with Crippen molar-refractivity contribution in [1.82, 2.24) is 9.80 Å². The molecule has 2 heterocycles. The Labute approximate surface area is 140 Å². The molecule has 2 aliphatic rings. The maximum Gasteiger partial charge on any atom is 0.126 e. The van der Waals surface area contributed by atoms with Crippen molar-refractivity contribution in [1.29, 1.82) is 0 Å². The first-order chi connectivity index (χ1) is 11.4. The summed E-state index contributed by atoms with van der Waals surface area (Å²) < 4.78 is 5.40. The van der Waals surface area contributed by atoms with Gasteiger partial charge in [-0.05, 0) is 57.9 Å². The van der Waals surface area contributed by atoms with E-state index in [0.717, 1.165) is 18.3 Å². The highest BCUT2D eigenvalue weighted by molar-refractivity contribution is 5.57. The summed E-state index contributed by atoms with van der Waals surface area (Å²) in [4.78, 5) is 5.32. The number of hydrogen-bond donors (Lipinski definition) is 0. The standard InChI is InChI=1S/C20H30N2O/c1-23-20-10-4-3-8-18(20)9-7-13-21-16-11-19(12-17-21)22-14-5-2-6-15-22/h3-4,7-10,19H,2,5-6,11-17H2,1H3/b9-7+. The summed E-state index contributed by atoms with van der Waals surface area (Å²) in [5, 5.41) is 0. The highest BCUT2D eigenvalue weighted by Crippen LogP contribution is 2.21. The number of ether oxygens (including phenoxy) is 1. The van der Waals surface area contributed by atoms with E-state index in [2.05, 4.69) is 34.1 Å². The molecule has 0 aromatic heterocycles. The van der Waals surface area contributed by atoms with Crippen molar-refractivity contribution in [2.45, 2.75) is 38.1 Å². The minimum absolute atomic E-state index is 0.838. The van der Waals surface area contributed by atoms with Crippen molar-refractivity contribution < 1.29 is 4.74 Å². The molecule has 0 bridgehead atoms. The van der Waals surface area contributed by atoms with Gasteiger partial charge in [0.2, 0.25) is 0 Å². The molecule has 0 unspecified atom stereocenters. The van der Waals surface area contributed by atoms with Crippen LogP contribution in [-0.2, 0) is 0 Å². The van der Waals surface area contributed by atoms with E-state index < -0.39 is 0 Å². The van der Waals surface area contributed by atoms with Crippen LogP contribution >= 0.6 is 0 Å². The third-order valence-electron chi connectivity index (χ3n) is 5.26. The maximum absolute atomic E-state index is 5.40. The highest BCUT2D eigenvalue weighted by Gasteiger charge is 2.24. The molecular weight excluding hydrogens is 284 g/mol. The van der Waals surface area contributed by atoms with Crippen molar-refractivity contribution in [2.75, 3.05) is 39.8 Å². The number of rotatable bonds is 5. The predicted molar refractivity (Wildman–Crippen MR) is 96.9 cm³/mol. The lowest BCUT2D eigenvalue weighted by Gasteiger charge is -2.40. The van der Waals surface area contributed by atoms with Crippen LogP contribution in [0.15, 0.2) is 30.3 Å². The smallest absolute Gasteiger partial charge is 0.126 e. The number of likely N-dealkylation sites (tertiary alicyclic amines) is 2. The monoisotopic (exact) mass is 314 g/mol. The Kier molecular flexibility index (Phi) is 6.12. The zero-order chi connectivity index (χ0) is 15.9. The Morgan fingerprint density at radius 2 is 1.78 bits per heavy atom. The normalized spacial score (nSPS) is 21.8. The quantitative estimate of drug-likeness (QED) is 0.825. The van der Waals surface area contributed by atoms with Gasteiger partial charge < -0.3 is 9.64 Å². The van der Waals surface area contributed by atoms with Crippen molar-refractivity contribution >= 4 is 6.08 Å². The molecule has 0 amide bonds. The predicted octanol–water partition coefficient (Wildman–Crippen LogP) is 3.66. The van der Waals surface area contributed by atoms with Crippen molar-refractivity contribution in [3.63, 3.8) is 0 Å². The summed E-state index contributed by atoms with van der Waals surface area (Å²) in [5.41, 5.74) is 1.17. The zero-order valence-electron chi connectivity index (χ0n) is 14.4. The molecule has 23 heavy (non-hydrogen) atoms. The number of hydrogen-bond acceptors (Lipinski definition) is 3. The van der Waals surface area contributed by atoms with Crippen molar-refractivity contribution in [3.05, 3.63) is 35.9 Å². The first-order valence-electron chi connectivity index (χ1n) is 9.13. The van der Waals surface area contributed by atoms with Gasteiger partial charge in [-0.2, -0.15) is 0 Å². The van der Waals surface area contributed by atoms with E-state index in [1.807, 2.05) is 12.1 Å². The molecule has 2 fully saturated rings. The number of piperidine rings is 2. The highest BCUT2D eigenvalue weighted by atomic mass is 16.5. The van der Waals surface area contributed by atoms with E-state index in [0.29, 0.717) is 0 Å². The molecule has 3 heteroatoms. The zero-order valence-corrected chi connectivity index (χ0v) is 14.4. The van der Waals surface area contributed by atoms with Gasteiger partial charge in [-0.3, -0.25) is 4.90 Å².